The second-order valence-electron chi connectivity index (χ2n) is 5.78. The highest BCUT2D eigenvalue weighted by atomic mass is 19.2. The van der Waals surface area contributed by atoms with Crippen LogP contribution in [0.25, 0.3) is 0 Å². The quantitative estimate of drug-likeness (QED) is 0.670. The van der Waals surface area contributed by atoms with Crippen LogP contribution in [-0.2, 0) is 4.74 Å². The standard InChI is InChI=1S/C17H21F2N3O4/c1-10-14(9-26-2)21-17(25)22(16(24)20-6-3-7-23)15(10)11-4-5-12(18)13(19)8-11/h4-5,8,15,23H,3,6-7,9H2,1-2H3,(H,20,24)(H,21,25). The number of methoxy groups -OCH3 is 1. The summed E-state index contributed by atoms with van der Waals surface area (Å²) in [4.78, 5) is 25.9. The lowest BCUT2D eigenvalue weighted by atomic mass is 9.95. The zero-order chi connectivity index (χ0) is 19.3. The summed E-state index contributed by atoms with van der Waals surface area (Å²) in [6.07, 6.45) is 0.320. The number of carbonyl (C=O) groups is 2. The predicted octanol–water partition coefficient (Wildman–Crippen LogP) is 2.04. The summed E-state index contributed by atoms with van der Waals surface area (Å²) in [6.45, 7) is 1.82. The van der Waals surface area contributed by atoms with Crippen molar-refractivity contribution in [3.63, 3.8) is 0 Å². The number of hydrogen-bond donors (Lipinski definition) is 3. The third-order valence-electron chi connectivity index (χ3n) is 4.00. The van der Waals surface area contributed by atoms with Crippen molar-refractivity contribution >= 4 is 12.1 Å². The number of benzene rings is 1. The molecule has 9 heteroatoms. The van der Waals surface area contributed by atoms with Gasteiger partial charge in [-0.2, -0.15) is 0 Å². The van der Waals surface area contributed by atoms with E-state index in [0.29, 0.717) is 17.7 Å². The Morgan fingerprint density at radius 1 is 1.38 bits per heavy atom. The summed E-state index contributed by atoms with van der Waals surface area (Å²) >= 11 is 0. The first-order chi connectivity index (χ1) is 12.4. The van der Waals surface area contributed by atoms with Crippen molar-refractivity contribution in [1.29, 1.82) is 0 Å². The van der Waals surface area contributed by atoms with Crippen molar-refractivity contribution in [2.24, 2.45) is 0 Å². The smallest absolute Gasteiger partial charge is 0.330 e. The number of rotatable bonds is 6. The zero-order valence-electron chi connectivity index (χ0n) is 14.5. The molecule has 1 aromatic carbocycles. The van der Waals surface area contributed by atoms with Gasteiger partial charge in [-0.15, -0.1) is 0 Å². The number of aliphatic hydroxyl groups is 1. The van der Waals surface area contributed by atoms with Gasteiger partial charge in [0, 0.05) is 26.0 Å². The second kappa shape index (κ2) is 8.72. The van der Waals surface area contributed by atoms with Gasteiger partial charge in [0.1, 0.15) is 0 Å². The monoisotopic (exact) mass is 369 g/mol. The number of amides is 4. The third-order valence-corrected chi connectivity index (χ3v) is 4.00. The first-order valence-electron chi connectivity index (χ1n) is 8.03. The third kappa shape index (κ3) is 4.17. The van der Waals surface area contributed by atoms with Gasteiger partial charge in [-0.3, -0.25) is 0 Å². The molecular formula is C17H21F2N3O4. The van der Waals surface area contributed by atoms with Crippen LogP contribution < -0.4 is 10.6 Å². The Balaban J connectivity index is 2.44. The average molecular weight is 369 g/mol. The highest BCUT2D eigenvalue weighted by Gasteiger charge is 2.38. The molecule has 0 spiro atoms. The van der Waals surface area contributed by atoms with E-state index in [4.69, 9.17) is 9.84 Å². The number of aliphatic hydroxyl groups excluding tert-OH is 1. The lowest BCUT2D eigenvalue weighted by Gasteiger charge is -2.36. The minimum Gasteiger partial charge on any atom is -0.396 e. The molecule has 1 aliphatic rings. The van der Waals surface area contributed by atoms with Gasteiger partial charge in [0.15, 0.2) is 11.6 Å². The van der Waals surface area contributed by atoms with Gasteiger partial charge in [0.25, 0.3) is 0 Å². The average Bonchev–Trinajstić information content (AvgIpc) is 2.60. The molecule has 0 aliphatic carbocycles. The minimum absolute atomic E-state index is 0.0950. The molecule has 2 rings (SSSR count). The lowest BCUT2D eigenvalue weighted by molar-refractivity contribution is 0.164. The summed E-state index contributed by atoms with van der Waals surface area (Å²) in [5.74, 6) is -2.10. The van der Waals surface area contributed by atoms with E-state index in [9.17, 15) is 18.4 Å². The number of carbonyl (C=O) groups excluding carboxylic acids is 2. The van der Waals surface area contributed by atoms with Crippen LogP contribution in [0.15, 0.2) is 29.5 Å². The largest absolute Gasteiger partial charge is 0.396 e. The van der Waals surface area contributed by atoms with Crippen molar-refractivity contribution in [2.75, 3.05) is 26.9 Å². The van der Waals surface area contributed by atoms with E-state index in [1.807, 2.05) is 0 Å². The second-order valence-corrected chi connectivity index (χ2v) is 5.78. The molecule has 1 aliphatic heterocycles. The number of nitrogens with one attached hydrogen (secondary N) is 2. The Labute approximate surface area is 149 Å². The van der Waals surface area contributed by atoms with Gasteiger partial charge in [0.05, 0.1) is 12.6 Å². The van der Waals surface area contributed by atoms with E-state index in [1.54, 1.807) is 6.92 Å². The van der Waals surface area contributed by atoms with Crippen LogP contribution in [-0.4, -0.2) is 48.9 Å². The first-order valence-corrected chi connectivity index (χ1v) is 8.03. The van der Waals surface area contributed by atoms with Gasteiger partial charge >= 0.3 is 12.1 Å². The molecule has 0 aromatic heterocycles. The number of nitrogens with zero attached hydrogens (tertiary/aromatic N) is 1. The molecule has 1 aromatic rings. The molecule has 1 atom stereocenters. The van der Waals surface area contributed by atoms with Crippen LogP contribution in [0.3, 0.4) is 0 Å². The minimum atomic E-state index is -1.07. The van der Waals surface area contributed by atoms with Crippen LogP contribution in [0.5, 0.6) is 0 Å². The molecule has 4 amide bonds. The molecule has 0 saturated heterocycles. The fraction of sp³-hybridized carbons (Fsp3) is 0.412. The van der Waals surface area contributed by atoms with Crippen molar-refractivity contribution in [1.82, 2.24) is 15.5 Å². The van der Waals surface area contributed by atoms with Crippen molar-refractivity contribution in [3.05, 3.63) is 46.7 Å². The van der Waals surface area contributed by atoms with E-state index < -0.39 is 29.7 Å². The summed E-state index contributed by atoms with van der Waals surface area (Å²) in [5, 5.41) is 13.9. The topological polar surface area (TPSA) is 90.9 Å². The maximum Gasteiger partial charge on any atom is 0.330 e. The molecule has 3 N–H and O–H groups in total. The van der Waals surface area contributed by atoms with Crippen LogP contribution in [0.1, 0.15) is 24.9 Å². The molecule has 1 heterocycles. The summed E-state index contributed by atoms with van der Waals surface area (Å²) in [6, 6.07) is 0.894. The molecule has 26 heavy (non-hydrogen) atoms. The van der Waals surface area contributed by atoms with Crippen molar-refractivity contribution in [2.45, 2.75) is 19.4 Å². The van der Waals surface area contributed by atoms with Crippen LogP contribution in [0.4, 0.5) is 18.4 Å². The maximum atomic E-state index is 13.7. The number of ether oxygens (including phenoxy) is 1. The van der Waals surface area contributed by atoms with Gasteiger partial charge in [-0.25, -0.2) is 23.3 Å². The van der Waals surface area contributed by atoms with E-state index in [2.05, 4.69) is 10.6 Å². The normalized spacial score (nSPS) is 17.3. The lowest BCUT2D eigenvalue weighted by Crippen LogP contribution is -2.54. The predicted molar refractivity (Wildman–Crippen MR) is 89.1 cm³/mol. The van der Waals surface area contributed by atoms with Gasteiger partial charge < -0.3 is 20.5 Å². The zero-order valence-corrected chi connectivity index (χ0v) is 14.5. The Morgan fingerprint density at radius 3 is 2.73 bits per heavy atom. The molecule has 7 nitrogen and oxygen atoms in total. The molecule has 0 bridgehead atoms. The Bertz CT molecular complexity index is 724. The Kier molecular flexibility index (Phi) is 6.64. The van der Waals surface area contributed by atoms with Gasteiger partial charge in [0.2, 0.25) is 0 Å². The van der Waals surface area contributed by atoms with Gasteiger partial charge in [-0.05, 0) is 36.6 Å². The van der Waals surface area contributed by atoms with Crippen LogP contribution in [0, 0.1) is 11.6 Å². The summed E-state index contributed by atoms with van der Waals surface area (Å²) < 4.78 is 32.1. The first kappa shape index (κ1) is 19.8. The fourth-order valence-corrected chi connectivity index (χ4v) is 2.71. The molecule has 142 valence electrons. The summed E-state index contributed by atoms with van der Waals surface area (Å²) in [5.41, 5.74) is 1.27. The van der Waals surface area contributed by atoms with Crippen molar-refractivity contribution in [3.8, 4) is 0 Å². The maximum absolute atomic E-state index is 13.7. The number of imide groups is 1. The number of urea groups is 2. The molecule has 0 radical (unpaired) electrons. The van der Waals surface area contributed by atoms with E-state index in [1.165, 1.54) is 13.2 Å². The molecule has 0 saturated carbocycles. The number of halogens is 2. The molecule has 1 unspecified atom stereocenters. The summed E-state index contributed by atoms with van der Waals surface area (Å²) in [7, 11) is 1.45. The van der Waals surface area contributed by atoms with E-state index >= 15 is 0 Å². The van der Waals surface area contributed by atoms with Crippen molar-refractivity contribution < 1.29 is 28.2 Å². The highest BCUT2D eigenvalue weighted by molar-refractivity contribution is 5.96. The van der Waals surface area contributed by atoms with Crippen LogP contribution >= 0.6 is 0 Å². The Morgan fingerprint density at radius 2 is 2.12 bits per heavy atom. The molecular weight excluding hydrogens is 348 g/mol. The van der Waals surface area contributed by atoms with E-state index in [-0.39, 0.29) is 25.3 Å². The van der Waals surface area contributed by atoms with E-state index in [0.717, 1.165) is 17.0 Å². The van der Waals surface area contributed by atoms with Gasteiger partial charge in [-0.1, -0.05) is 6.07 Å². The number of hydrogen-bond acceptors (Lipinski definition) is 4. The highest BCUT2D eigenvalue weighted by Crippen LogP contribution is 2.34. The Hall–Kier alpha value is -2.52. The fourth-order valence-electron chi connectivity index (χ4n) is 2.71. The SMILES string of the molecule is COCC1=C(C)C(c2ccc(F)c(F)c2)N(C(=O)NCCCO)C(=O)N1. The van der Waals surface area contributed by atoms with Crippen LogP contribution in [0.2, 0.25) is 0 Å². The molecule has 0 fully saturated rings.